The molecule has 152 valence electrons. The second kappa shape index (κ2) is 10.0. The van der Waals surface area contributed by atoms with Gasteiger partial charge in [0.15, 0.2) is 0 Å². The Balaban J connectivity index is 1.63. The normalized spacial score (nSPS) is 11.1. The van der Waals surface area contributed by atoms with Gasteiger partial charge in [-0.25, -0.2) is 5.43 Å². The largest absolute Gasteiger partial charge is 0.507 e. The van der Waals surface area contributed by atoms with E-state index in [1.165, 1.54) is 18.5 Å². The monoisotopic (exact) mass is 530 g/mol. The van der Waals surface area contributed by atoms with Gasteiger partial charge in [0.2, 0.25) is 0 Å². The van der Waals surface area contributed by atoms with Crippen molar-refractivity contribution in [2.75, 3.05) is 5.43 Å². The Morgan fingerprint density at radius 2 is 1.43 bits per heavy atom. The molecule has 0 atom stereocenters. The number of hydrogen-bond donors (Lipinski definition) is 4. The number of carbonyl (C=O) groups is 1. The van der Waals surface area contributed by atoms with E-state index >= 15 is 0 Å². The molecule has 3 rings (SSSR count). The van der Waals surface area contributed by atoms with Crippen LogP contribution in [-0.4, -0.2) is 28.5 Å². The van der Waals surface area contributed by atoms with Gasteiger partial charge < -0.3 is 10.2 Å². The summed E-state index contributed by atoms with van der Waals surface area (Å²) in [5, 5.41) is 27.6. The van der Waals surface area contributed by atoms with Gasteiger partial charge >= 0.3 is 0 Å². The van der Waals surface area contributed by atoms with Crippen molar-refractivity contribution in [3.05, 3.63) is 86.3 Å². The molecule has 0 aliphatic heterocycles. The van der Waals surface area contributed by atoms with E-state index in [1.807, 2.05) is 0 Å². The van der Waals surface area contributed by atoms with Gasteiger partial charge in [-0.15, -0.1) is 0 Å². The van der Waals surface area contributed by atoms with Gasteiger partial charge in [0.25, 0.3) is 5.91 Å². The van der Waals surface area contributed by atoms with E-state index in [0.717, 1.165) is 8.95 Å². The van der Waals surface area contributed by atoms with E-state index in [9.17, 15) is 15.0 Å². The molecule has 0 fully saturated rings. The van der Waals surface area contributed by atoms with Crippen molar-refractivity contribution in [3.63, 3.8) is 0 Å². The Kier molecular flexibility index (Phi) is 7.21. The van der Waals surface area contributed by atoms with E-state index < -0.39 is 5.91 Å². The summed E-state index contributed by atoms with van der Waals surface area (Å²) in [6.45, 7) is 0. The lowest BCUT2D eigenvalue weighted by molar-refractivity contribution is 0.0955. The smallest absolute Gasteiger partial charge is 0.271 e. The molecule has 0 saturated carbocycles. The number of halogens is 2. The number of benzene rings is 3. The minimum Gasteiger partial charge on any atom is -0.507 e. The van der Waals surface area contributed by atoms with E-state index in [4.69, 9.17) is 0 Å². The van der Waals surface area contributed by atoms with Crippen LogP contribution in [-0.2, 0) is 0 Å². The molecule has 0 spiro atoms. The van der Waals surface area contributed by atoms with Crippen LogP contribution >= 0.6 is 31.9 Å². The van der Waals surface area contributed by atoms with Crippen molar-refractivity contribution in [1.82, 2.24) is 5.43 Å². The van der Waals surface area contributed by atoms with Gasteiger partial charge in [0.1, 0.15) is 11.5 Å². The molecule has 0 heterocycles. The van der Waals surface area contributed by atoms with E-state index in [0.29, 0.717) is 22.4 Å². The first-order chi connectivity index (χ1) is 14.4. The molecule has 0 bridgehead atoms. The summed E-state index contributed by atoms with van der Waals surface area (Å²) >= 11 is 6.65. The van der Waals surface area contributed by atoms with Gasteiger partial charge in [0, 0.05) is 25.6 Å². The van der Waals surface area contributed by atoms with Crippen LogP contribution in [0, 0.1) is 0 Å². The first kappa shape index (κ1) is 21.5. The number of hydrogen-bond acceptors (Lipinski definition) is 6. The molecule has 0 radical (unpaired) electrons. The average molecular weight is 532 g/mol. The molecule has 0 unspecified atom stereocenters. The lowest BCUT2D eigenvalue weighted by Crippen LogP contribution is -2.17. The summed E-state index contributed by atoms with van der Waals surface area (Å²) in [6.07, 6.45) is 2.83. The first-order valence-corrected chi connectivity index (χ1v) is 10.2. The summed E-state index contributed by atoms with van der Waals surface area (Å²) in [4.78, 5) is 12.3. The molecule has 0 aromatic heterocycles. The molecule has 3 aromatic carbocycles. The second-order valence-electron chi connectivity index (χ2n) is 6.06. The summed E-state index contributed by atoms with van der Waals surface area (Å²) in [7, 11) is 0. The van der Waals surface area contributed by atoms with Crippen LogP contribution in [0.25, 0.3) is 0 Å². The van der Waals surface area contributed by atoms with Crippen molar-refractivity contribution in [3.8, 4) is 11.5 Å². The number of aromatic hydroxyl groups is 2. The number of anilines is 1. The molecule has 7 nitrogen and oxygen atoms in total. The van der Waals surface area contributed by atoms with Crippen molar-refractivity contribution >= 4 is 55.9 Å². The quantitative estimate of drug-likeness (QED) is 0.270. The molecule has 9 heteroatoms. The number of amides is 1. The van der Waals surface area contributed by atoms with Crippen LogP contribution in [0.15, 0.2) is 79.8 Å². The highest BCUT2D eigenvalue weighted by atomic mass is 79.9. The molecule has 0 saturated heterocycles. The summed E-state index contributed by atoms with van der Waals surface area (Å²) in [5.41, 5.74) is 7.19. The number of carbonyl (C=O) groups excluding carboxylic acids is 1. The van der Waals surface area contributed by atoms with Crippen LogP contribution in [0.2, 0.25) is 0 Å². The fraction of sp³-hybridized carbons (Fsp3) is 0. The van der Waals surface area contributed by atoms with Crippen LogP contribution in [0.3, 0.4) is 0 Å². The number of phenols is 2. The van der Waals surface area contributed by atoms with Crippen LogP contribution in [0.4, 0.5) is 5.69 Å². The molecule has 0 aliphatic carbocycles. The topological polar surface area (TPSA) is 106 Å². The number of rotatable bonds is 6. The Bertz CT molecular complexity index is 1130. The molecule has 4 N–H and O–H groups in total. The Hall–Kier alpha value is -3.17. The molecular weight excluding hydrogens is 516 g/mol. The molecular formula is C21H16Br2N4O3. The Morgan fingerprint density at radius 1 is 0.833 bits per heavy atom. The van der Waals surface area contributed by atoms with Crippen molar-refractivity contribution in [2.45, 2.75) is 0 Å². The van der Waals surface area contributed by atoms with Gasteiger partial charge in [-0.1, -0.05) is 37.9 Å². The van der Waals surface area contributed by atoms with Gasteiger partial charge in [0.05, 0.1) is 18.1 Å². The van der Waals surface area contributed by atoms with E-state index in [-0.39, 0.29) is 11.5 Å². The molecule has 1 amide bonds. The SMILES string of the molecule is O=C(NN=Cc1cc(Br)ccc1O)c1cccc(NN=Cc2cc(Br)ccc2O)c1. The predicted octanol–water partition coefficient (Wildman–Crippen LogP) is 4.83. The third kappa shape index (κ3) is 5.91. The minimum atomic E-state index is -0.419. The fourth-order valence-corrected chi connectivity index (χ4v) is 3.15. The van der Waals surface area contributed by atoms with Crippen molar-refractivity contribution in [2.24, 2.45) is 10.2 Å². The lowest BCUT2D eigenvalue weighted by atomic mass is 10.2. The van der Waals surface area contributed by atoms with Gasteiger partial charge in [-0.2, -0.15) is 10.2 Å². The van der Waals surface area contributed by atoms with Crippen molar-refractivity contribution in [1.29, 1.82) is 0 Å². The van der Waals surface area contributed by atoms with Crippen molar-refractivity contribution < 1.29 is 15.0 Å². The minimum absolute atomic E-state index is 0.0525. The van der Waals surface area contributed by atoms with E-state index in [2.05, 4.69) is 52.9 Å². The van der Waals surface area contributed by atoms with Crippen LogP contribution in [0.5, 0.6) is 11.5 Å². The molecule has 0 aliphatic rings. The van der Waals surface area contributed by atoms with Gasteiger partial charge in [-0.05, 0) is 54.6 Å². The summed E-state index contributed by atoms with van der Waals surface area (Å²) in [6, 6.07) is 16.6. The number of hydrazone groups is 2. The second-order valence-corrected chi connectivity index (χ2v) is 7.89. The lowest BCUT2D eigenvalue weighted by Gasteiger charge is -2.04. The highest BCUT2D eigenvalue weighted by molar-refractivity contribution is 9.10. The summed E-state index contributed by atoms with van der Waals surface area (Å²) < 4.78 is 1.60. The molecule has 30 heavy (non-hydrogen) atoms. The zero-order valence-corrected chi connectivity index (χ0v) is 18.6. The predicted molar refractivity (Wildman–Crippen MR) is 124 cm³/mol. The number of phenolic OH excluding ortho intramolecular Hbond substituents is 2. The maximum atomic E-state index is 12.3. The maximum absolute atomic E-state index is 12.3. The number of nitrogens with one attached hydrogen (secondary N) is 2. The Labute approximate surface area is 189 Å². The zero-order valence-electron chi connectivity index (χ0n) is 15.4. The number of nitrogens with zero attached hydrogens (tertiary/aromatic N) is 2. The maximum Gasteiger partial charge on any atom is 0.271 e. The van der Waals surface area contributed by atoms with E-state index in [1.54, 1.807) is 54.6 Å². The highest BCUT2D eigenvalue weighted by Gasteiger charge is 2.06. The van der Waals surface area contributed by atoms with Crippen LogP contribution < -0.4 is 10.9 Å². The first-order valence-electron chi connectivity index (χ1n) is 8.62. The fourth-order valence-electron chi connectivity index (χ4n) is 2.39. The third-order valence-electron chi connectivity index (χ3n) is 3.87. The highest BCUT2D eigenvalue weighted by Crippen LogP contribution is 2.21. The zero-order chi connectivity index (χ0) is 21.5. The Morgan fingerprint density at radius 3 is 2.07 bits per heavy atom. The average Bonchev–Trinajstić information content (AvgIpc) is 2.73. The molecule has 3 aromatic rings. The standard InChI is InChI=1S/C21H16Br2N4O3/c22-16-4-6-19(28)14(8-16)11-24-26-18-3-1-2-13(10-18)21(30)27-25-12-15-9-17(23)5-7-20(15)29/h1-12,26,28-29H,(H,27,30). The third-order valence-corrected chi connectivity index (χ3v) is 4.86. The van der Waals surface area contributed by atoms with Gasteiger partial charge in [-0.3, -0.25) is 10.2 Å². The summed E-state index contributed by atoms with van der Waals surface area (Å²) in [5.74, 6) is -0.263. The van der Waals surface area contributed by atoms with Crippen LogP contribution in [0.1, 0.15) is 21.5 Å².